The number of carbonyl (C=O) groups is 1. The van der Waals surface area contributed by atoms with Crippen LogP contribution in [-0.4, -0.2) is 52.5 Å². The van der Waals surface area contributed by atoms with E-state index < -0.39 is 30.8 Å². The number of nitrogens with one attached hydrogen (secondary N) is 2. The third-order valence-corrected chi connectivity index (χ3v) is 6.69. The lowest BCUT2D eigenvalue weighted by Crippen LogP contribution is -2.46. The quantitative estimate of drug-likeness (QED) is 0.132. The summed E-state index contributed by atoms with van der Waals surface area (Å²) in [5.41, 5.74) is 8.54. The molecule has 2 amide bonds. The van der Waals surface area contributed by atoms with Crippen molar-refractivity contribution in [2.45, 2.75) is 78.5 Å². The van der Waals surface area contributed by atoms with Crippen molar-refractivity contribution in [1.82, 2.24) is 10.2 Å². The number of amidine groups is 1. The Labute approximate surface area is 252 Å². The number of aryl methyl sites for hydroxylation is 1. The minimum absolute atomic E-state index is 0.186. The van der Waals surface area contributed by atoms with Crippen LogP contribution in [0, 0.1) is 12.3 Å². The lowest BCUT2D eigenvalue weighted by Gasteiger charge is -2.32. The fourth-order valence-electron chi connectivity index (χ4n) is 4.05. The van der Waals surface area contributed by atoms with E-state index in [1.807, 2.05) is 27.7 Å². The molecule has 42 heavy (non-hydrogen) atoms. The molecule has 0 saturated heterocycles. The number of carbonyl (C=O) groups excluding carboxylic acids is 1. The number of alkyl halides is 3. The normalized spacial score (nSPS) is 19.9. The number of aliphatic imine (C=N–C) groups is 1. The molecule has 5 N–H and O–H groups in total. The standard InChI is InChI=1S/C29H37ClF3N5O2.C2H6/c1-5-7-8-22(30)24(6-2)37-25-17-28(4,40)14-13-21(25)23(34)18-36-27(39)38(16-15-29(31,32)33)26(35)20-11-9-19(3)10-12-20;1-2/h5,7-12,35,40H,1,6,13-18,34H2,2-4H3,(H,36,39);1-2H3/b8-7-,23-21-,24-22-,35-26?,37-25-;. The van der Waals surface area contributed by atoms with Crippen molar-refractivity contribution in [2.24, 2.45) is 10.7 Å². The fourth-order valence-corrected chi connectivity index (χ4v) is 4.30. The van der Waals surface area contributed by atoms with Crippen molar-refractivity contribution < 1.29 is 23.1 Å². The van der Waals surface area contributed by atoms with Gasteiger partial charge in [0.05, 0.1) is 29.3 Å². The Morgan fingerprint density at radius 3 is 2.48 bits per heavy atom. The molecule has 0 aliphatic heterocycles. The third kappa shape index (κ3) is 11.9. The van der Waals surface area contributed by atoms with Gasteiger partial charge in [0.15, 0.2) is 0 Å². The van der Waals surface area contributed by atoms with Crippen LogP contribution in [0.3, 0.4) is 0 Å². The zero-order valence-electron chi connectivity index (χ0n) is 25.0. The number of nitrogens with two attached hydrogens (primary N) is 1. The summed E-state index contributed by atoms with van der Waals surface area (Å²) in [5, 5.41) is 22.1. The predicted molar refractivity (Wildman–Crippen MR) is 166 cm³/mol. The van der Waals surface area contributed by atoms with Crippen LogP contribution < -0.4 is 11.1 Å². The average molecular weight is 610 g/mol. The molecule has 0 spiro atoms. The van der Waals surface area contributed by atoms with E-state index in [2.05, 4.69) is 11.9 Å². The molecule has 1 aromatic rings. The maximum Gasteiger partial charge on any atom is 0.390 e. The van der Waals surface area contributed by atoms with Crippen LogP contribution in [-0.2, 0) is 0 Å². The lowest BCUT2D eigenvalue weighted by molar-refractivity contribution is -0.135. The largest absolute Gasteiger partial charge is 0.400 e. The lowest BCUT2D eigenvalue weighted by atomic mass is 9.81. The first kappa shape index (κ1) is 36.7. The van der Waals surface area contributed by atoms with E-state index in [0.717, 1.165) is 10.5 Å². The maximum atomic E-state index is 13.0. The van der Waals surface area contributed by atoms with Gasteiger partial charge in [-0.25, -0.2) is 4.79 Å². The molecule has 0 heterocycles. The van der Waals surface area contributed by atoms with E-state index in [1.165, 1.54) is 0 Å². The molecule has 1 aliphatic carbocycles. The molecule has 1 saturated carbocycles. The highest BCUT2D eigenvalue weighted by Gasteiger charge is 2.33. The van der Waals surface area contributed by atoms with Gasteiger partial charge in [-0.3, -0.25) is 15.3 Å². The minimum atomic E-state index is -4.51. The summed E-state index contributed by atoms with van der Waals surface area (Å²) in [5.74, 6) is -0.358. The van der Waals surface area contributed by atoms with Gasteiger partial charge < -0.3 is 16.2 Å². The van der Waals surface area contributed by atoms with Crippen molar-refractivity contribution in [1.29, 1.82) is 5.41 Å². The van der Waals surface area contributed by atoms with Gasteiger partial charge in [0, 0.05) is 29.9 Å². The Morgan fingerprint density at radius 1 is 1.31 bits per heavy atom. The molecule has 0 radical (unpaired) electrons. The van der Waals surface area contributed by atoms with Crippen LogP contribution in [0.2, 0.25) is 0 Å². The highest BCUT2D eigenvalue weighted by atomic mass is 35.5. The SMILES string of the molecule is C=C\C=C/C(Cl)=C(CC)/N=C1/CC(C)(O)CC/C1=C(/N)CNC(=O)N(CCC(F)(F)F)C(=N)c1ccc(C)cc1.CC. The molecule has 1 aliphatic rings. The molecule has 232 valence electrons. The number of halogens is 4. The van der Waals surface area contributed by atoms with E-state index in [0.29, 0.717) is 46.8 Å². The van der Waals surface area contributed by atoms with Crippen LogP contribution in [0.15, 0.2) is 76.1 Å². The first-order valence-electron chi connectivity index (χ1n) is 13.9. The Morgan fingerprint density at radius 2 is 1.93 bits per heavy atom. The van der Waals surface area contributed by atoms with Crippen LogP contribution >= 0.6 is 11.6 Å². The van der Waals surface area contributed by atoms with Crippen LogP contribution in [0.5, 0.6) is 0 Å². The summed E-state index contributed by atoms with van der Waals surface area (Å²) < 4.78 is 39.0. The van der Waals surface area contributed by atoms with Gasteiger partial charge in [-0.2, -0.15) is 13.2 Å². The monoisotopic (exact) mass is 609 g/mol. The minimum Gasteiger partial charge on any atom is -0.400 e. The van der Waals surface area contributed by atoms with Crippen molar-refractivity contribution in [3.63, 3.8) is 0 Å². The molecule has 1 unspecified atom stereocenters. The summed E-state index contributed by atoms with van der Waals surface area (Å²) in [6.45, 7) is 12.1. The van der Waals surface area contributed by atoms with E-state index >= 15 is 0 Å². The topological polar surface area (TPSA) is 115 Å². The second-order valence-electron chi connectivity index (χ2n) is 9.87. The zero-order chi connectivity index (χ0) is 32.1. The van der Waals surface area contributed by atoms with Crippen LogP contribution in [0.25, 0.3) is 0 Å². The number of nitrogens with zero attached hydrogens (tertiary/aromatic N) is 2. The number of allylic oxidation sites excluding steroid dienone is 6. The van der Waals surface area contributed by atoms with Crippen molar-refractivity contribution in [3.05, 3.63) is 82.2 Å². The number of rotatable bonds is 9. The molecular weight excluding hydrogens is 567 g/mol. The second-order valence-corrected chi connectivity index (χ2v) is 10.3. The fraction of sp³-hybridized carbons (Fsp3) is 0.452. The van der Waals surface area contributed by atoms with E-state index in [-0.39, 0.29) is 24.5 Å². The average Bonchev–Trinajstić information content (AvgIpc) is 2.93. The molecule has 1 fully saturated rings. The third-order valence-electron chi connectivity index (χ3n) is 6.35. The highest BCUT2D eigenvalue weighted by Crippen LogP contribution is 2.32. The number of urea groups is 1. The first-order valence-corrected chi connectivity index (χ1v) is 14.3. The van der Waals surface area contributed by atoms with Crippen LogP contribution in [0.1, 0.15) is 70.9 Å². The molecule has 1 atom stereocenters. The molecule has 11 heteroatoms. The summed E-state index contributed by atoms with van der Waals surface area (Å²) in [7, 11) is 0. The van der Waals surface area contributed by atoms with Gasteiger partial charge in [0.2, 0.25) is 0 Å². The first-order chi connectivity index (χ1) is 19.7. The van der Waals surface area contributed by atoms with E-state index in [9.17, 15) is 23.1 Å². The summed E-state index contributed by atoms with van der Waals surface area (Å²) in [6.07, 6.45) is 0.614. The molecular formula is C31H43ClF3N5O2. The molecule has 7 nitrogen and oxygen atoms in total. The number of aliphatic hydroxyl groups is 1. The van der Waals surface area contributed by atoms with Gasteiger partial charge in [0.1, 0.15) is 5.84 Å². The number of hydrogen-bond acceptors (Lipinski definition) is 5. The Balaban J connectivity index is 0.00000431. The van der Waals surface area contributed by atoms with Crippen molar-refractivity contribution in [3.8, 4) is 0 Å². The summed E-state index contributed by atoms with van der Waals surface area (Å²) in [4.78, 5) is 18.5. The van der Waals surface area contributed by atoms with Gasteiger partial charge >= 0.3 is 12.2 Å². The molecule has 0 bridgehead atoms. The Kier molecular flexibility index (Phi) is 14.8. The van der Waals surface area contributed by atoms with Crippen molar-refractivity contribution in [2.75, 3.05) is 13.1 Å². The van der Waals surface area contributed by atoms with Crippen molar-refractivity contribution >= 4 is 29.2 Å². The maximum absolute atomic E-state index is 13.0. The molecule has 0 aromatic heterocycles. The zero-order valence-corrected chi connectivity index (χ0v) is 25.8. The number of amides is 2. The smallest absolute Gasteiger partial charge is 0.390 e. The Bertz CT molecular complexity index is 1220. The highest BCUT2D eigenvalue weighted by molar-refractivity contribution is 6.31. The summed E-state index contributed by atoms with van der Waals surface area (Å²) in [6, 6.07) is 5.69. The predicted octanol–water partition coefficient (Wildman–Crippen LogP) is 7.50. The number of benzene rings is 1. The molecule has 2 rings (SSSR count). The van der Waals surface area contributed by atoms with Gasteiger partial charge in [0.25, 0.3) is 0 Å². The van der Waals surface area contributed by atoms with E-state index in [1.54, 1.807) is 49.4 Å². The van der Waals surface area contributed by atoms with Crippen LogP contribution in [0.4, 0.5) is 18.0 Å². The second kappa shape index (κ2) is 16.9. The van der Waals surface area contributed by atoms with E-state index in [4.69, 9.17) is 27.7 Å². The molecule has 1 aromatic carbocycles. The van der Waals surface area contributed by atoms with Gasteiger partial charge in [-0.1, -0.05) is 80.9 Å². The van der Waals surface area contributed by atoms with Gasteiger partial charge in [-0.05, 0) is 44.8 Å². The number of hydrogen-bond donors (Lipinski definition) is 4. The summed E-state index contributed by atoms with van der Waals surface area (Å²) >= 11 is 6.40. The van der Waals surface area contributed by atoms with Gasteiger partial charge in [-0.15, -0.1) is 0 Å². The Hall–Kier alpha value is -3.37.